The first kappa shape index (κ1) is 11.9. The van der Waals surface area contributed by atoms with Crippen molar-refractivity contribution in [1.82, 2.24) is 0 Å². The molecule has 1 aliphatic rings. The maximum atomic E-state index is 11.0. The van der Waals surface area contributed by atoms with Crippen LogP contribution in [0.5, 0.6) is 0 Å². The number of rotatable bonds is 4. The highest BCUT2D eigenvalue weighted by atomic mass is 32.2. The maximum Gasteiger partial charge on any atom is 0.347 e. The molecule has 1 heterocycles. The fourth-order valence-corrected chi connectivity index (χ4v) is 1.44. The van der Waals surface area contributed by atoms with E-state index in [1.165, 1.54) is 0 Å². The first-order valence-corrected chi connectivity index (χ1v) is 5.81. The summed E-state index contributed by atoms with van der Waals surface area (Å²) in [6, 6.07) is 0. The van der Waals surface area contributed by atoms with Crippen molar-refractivity contribution in [2.45, 2.75) is 18.9 Å². The molecule has 0 bridgehead atoms. The molecular weight excluding hydrogens is 228 g/mol. The molecule has 0 aromatic heterocycles. The van der Waals surface area contributed by atoms with Crippen molar-refractivity contribution in [3.8, 4) is 0 Å². The van der Waals surface area contributed by atoms with E-state index in [0.717, 1.165) is 0 Å². The third kappa shape index (κ3) is 4.26. The molecule has 15 heavy (non-hydrogen) atoms. The third-order valence-electron chi connectivity index (χ3n) is 1.73. The van der Waals surface area contributed by atoms with Crippen LogP contribution in [-0.4, -0.2) is 43.4 Å². The van der Waals surface area contributed by atoms with E-state index in [1.807, 2.05) is 0 Å². The summed E-state index contributed by atoms with van der Waals surface area (Å²) in [4.78, 5) is 21.8. The Morgan fingerprint density at radius 2 is 2.27 bits per heavy atom. The van der Waals surface area contributed by atoms with Crippen LogP contribution in [-0.2, 0) is 29.2 Å². The molecule has 1 aliphatic heterocycles. The van der Waals surface area contributed by atoms with Gasteiger partial charge in [0.05, 0.1) is 18.8 Å². The number of carbonyl (C=O) groups excluding carboxylic acids is 2. The number of esters is 2. The van der Waals surface area contributed by atoms with E-state index >= 15 is 0 Å². The van der Waals surface area contributed by atoms with Crippen LogP contribution in [0.2, 0.25) is 0 Å². The molecular formula is C7H10O7S. The summed E-state index contributed by atoms with van der Waals surface area (Å²) in [5, 5.41) is 0. The Balaban J connectivity index is 2.33. The van der Waals surface area contributed by atoms with Crippen molar-refractivity contribution in [2.75, 3.05) is 12.4 Å². The van der Waals surface area contributed by atoms with E-state index in [9.17, 15) is 18.0 Å². The highest BCUT2D eigenvalue weighted by Crippen LogP contribution is 2.11. The fourth-order valence-electron chi connectivity index (χ4n) is 1.01. The van der Waals surface area contributed by atoms with Gasteiger partial charge in [0, 0.05) is 6.42 Å². The van der Waals surface area contributed by atoms with Gasteiger partial charge in [-0.05, 0) is 0 Å². The molecule has 1 N–H and O–H groups in total. The summed E-state index contributed by atoms with van der Waals surface area (Å²) in [5.74, 6) is -2.19. The molecule has 0 spiro atoms. The summed E-state index contributed by atoms with van der Waals surface area (Å²) in [7, 11) is -4.18. The van der Waals surface area contributed by atoms with Crippen LogP contribution in [0.15, 0.2) is 0 Å². The van der Waals surface area contributed by atoms with Gasteiger partial charge in [-0.15, -0.1) is 0 Å². The molecule has 1 rings (SSSR count). The van der Waals surface area contributed by atoms with Gasteiger partial charge in [0.1, 0.15) is 0 Å². The van der Waals surface area contributed by atoms with Crippen LogP contribution in [0, 0.1) is 0 Å². The van der Waals surface area contributed by atoms with Gasteiger partial charge in [-0.2, -0.15) is 8.42 Å². The Labute approximate surface area is 86.1 Å². The van der Waals surface area contributed by atoms with Gasteiger partial charge < -0.3 is 9.47 Å². The minimum atomic E-state index is -4.18. The molecule has 0 aromatic rings. The van der Waals surface area contributed by atoms with Gasteiger partial charge in [0.15, 0.2) is 0 Å². The Kier molecular flexibility index (Phi) is 3.64. The summed E-state index contributed by atoms with van der Waals surface area (Å²) in [6.45, 7) is 0.190. The predicted octanol–water partition coefficient (Wildman–Crippen LogP) is -0.877. The zero-order valence-corrected chi connectivity index (χ0v) is 8.53. The van der Waals surface area contributed by atoms with E-state index in [1.54, 1.807) is 0 Å². The monoisotopic (exact) mass is 238 g/mol. The van der Waals surface area contributed by atoms with Gasteiger partial charge in [0.2, 0.25) is 6.10 Å². The summed E-state index contributed by atoms with van der Waals surface area (Å²) < 4.78 is 38.1. The van der Waals surface area contributed by atoms with Gasteiger partial charge in [-0.1, -0.05) is 0 Å². The van der Waals surface area contributed by atoms with Crippen LogP contribution in [0.4, 0.5) is 0 Å². The van der Waals surface area contributed by atoms with Gasteiger partial charge in [-0.3, -0.25) is 9.35 Å². The molecule has 86 valence electrons. The Bertz CT molecular complexity index is 358. The average molecular weight is 238 g/mol. The van der Waals surface area contributed by atoms with Crippen LogP contribution < -0.4 is 0 Å². The third-order valence-corrected chi connectivity index (χ3v) is 2.45. The van der Waals surface area contributed by atoms with Crippen LogP contribution in [0.25, 0.3) is 0 Å². The zero-order chi connectivity index (χ0) is 11.5. The first-order valence-electron chi connectivity index (χ1n) is 4.20. The first-order chi connectivity index (χ1) is 6.88. The van der Waals surface area contributed by atoms with Crippen LogP contribution in [0.1, 0.15) is 12.8 Å². The topological polar surface area (TPSA) is 107 Å². The number of carbonyl (C=O) groups is 2. The summed E-state index contributed by atoms with van der Waals surface area (Å²) in [6.07, 6.45) is -1.15. The molecule has 1 atom stereocenters. The largest absolute Gasteiger partial charge is 0.463 e. The maximum absolute atomic E-state index is 11.0. The molecule has 0 aromatic carbocycles. The average Bonchev–Trinajstić information content (AvgIpc) is 2.47. The Morgan fingerprint density at radius 1 is 1.60 bits per heavy atom. The lowest BCUT2D eigenvalue weighted by Gasteiger charge is -2.07. The second kappa shape index (κ2) is 4.58. The molecule has 0 aliphatic carbocycles. The van der Waals surface area contributed by atoms with Gasteiger partial charge in [0.25, 0.3) is 10.1 Å². The Hall–Kier alpha value is -1.15. The highest BCUT2D eigenvalue weighted by molar-refractivity contribution is 7.85. The molecule has 0 amide bonds. The molecule has 0 radical (unpaired) electrons. The molecule has 0 saturated carbocycles. The van der Waals surface area contributed by atoms with Crippen molar-refractivity contribution in [3.05, 3.63) is 0 Å². The van der Waals surface area contributed by atoms with E-state index in [4.69, 9.17) is 4.55 Å². The SMILES string of the molecule is O=C(CCS(=O)(=O)O)OC1CCOC1=O. The molecule has 1 fully saturated rings. The number of cyclic esters (lactones) is 1. The Morgan fingerprint density at radius 3 is 2.73 bits per heavy atom. The number of hydrogen-bond donors (Lipinski definition) is 1. The molecule has 1 unspecified atom stereocenters. The second-order valence-electron chi connectivity index (χ2n) is 2.97. The molecule has 8 heteroatoms. The van der Waals surface area contributed by atoms with Crippen molar-refractivity contribution in [2.24, 2.45) is 0 Å². The van der Waals surface area contributed by atoms with Crippen LogP contribution >= 0.6 is 0 Å². The minimum Gasteiger partial charge on any atom is -0.463 e. The predicted molar refractivity (Wildman–Crippen MR) is 46.5 cm³/mol. The standard InChI is InChI=1S/C7H10O7S/c8-6(2-4-15(10,11)12)14-5-1-3-13-7(5)9/h5H,1-4H2,(H,10,11,12). The van der Waals surface area contributed by atoms with Crippen molar-refractivity contribution in [1.29, 1.82) is 0 Å². The van der Waals surface area contributed by atoms with Crippen molar-refractivity contribution >= 4 is 22.1 Å². The fraction of sp³-hybridized carbons (Fsp3) is 0.714. The smallest absolute Gasteiger partial charge is 0.347 e. The van der Waals surface area contributed by atoms with Gasteiger partial charge >= 0.3 is 11.9 Å². The van der Waals surface area contributed by atoms with Crippen molar-refractivity contribution < 1.29 is 32.0 Å². The highest BCUT2D eigenvalue weighted by Gasteiger charge is 2.30. The summed E-state index contributed by atoms with van der Waals surface area (Å²) in [5.41, 5.74) is 0. The van der Waals surface area contributed by atoms with Crippen molar-refractivity contribution in [3.63, 3.8) is 0 Å². The van der Waals surface area contributed by atoms with E-state index < -0.39 is 40.3 Å². The number of ether oxygens (including phenoxy) is 2. The normalized spacial score (nSPS) is 21.1. The quantitative estimate of drug-likeness (QED) is 0.500. The van der Waals surface area contributed by atoms with Gasteiger partial charge in [-0.25, -0.2) is 4.79 Å². The summed E-state index contributed by atoms with van der Waals surface area (Å²) >= 11 is 0. The van der Waals surface area contributed by atoms with E-state index in [2.05, 4.69) is 9.47 Å². The minimum absolute atomic E-state index is 0.190. The number of hydrogen-bond acceptors (Lipinski definition) is 6. The zero-order valence-electron chi connectivity index (χ0n) is 7.71. The lowest BCUT2D eigenvalue weighted by molar-refractivity contribution is -0.159. The van der Waals surface area contributed by atoms with Crippen LogP contribution in [0.3, 0.4) is 0 Å². The molecule has 1 saturated heterocycles. The lowest BCUT2D eigenvalue weighted by atomic mass is 10.3. The van der Waals surface area contributed by atoms with E-state index in [0.29, 0.717) is 0 Å². The lowest BCUT2D eigenvalue weighted by Crippen LogP contribution is -2.23. The van der Waals surface area contributed by atoms with E-state index in [-0.39, 0.29) is 13.0 Å². The molecule has 7 nitrogen and oxygen atoms in total. The second-order valence-corrected chi connectivity index (χ2v) is 4.54.